The van der Waals surface area contributed by atoms with Crippen LogP contribution in [0.25, 0.3) is 0 Å². The van der Waals surface area contributed by atoms with Crippen molar-refractivity contribution in [2.24, 2.45) is 0 Å². The van der Waals surface area contributed by atoms with Gasteiger partial charge < -0.3 is 28.8 Å². The Labute approximate surface area is 120 Å². The van der Waals surface area contributed by atoms with Crippen LogP contribution >= 0.6 is 0 Å². The van der Waals surface area contributed by atoms with Gasteiger partial charge in [-0.05, 0) is 34.1 Å². The molecule has 0 aliphatic carbocycles. The average Bonchev–Trinajstić information content (AvgIpc) is 2.92. The molecule has 0 spiro atoms. The molecule has 6 heteroatoms. The van der Waals surface area contributed by atoms with E-state index in [9.17, 15) is 5.11 Å². The van der Waals surface area contributed by atoms with Crippen molar-refractivity contribution in [1.29, 1.82) is 0 Å². The SMILES string of the molecule is [2H]CC[C@]1(O)[C@@H]([C@H]2COC(C)(C)O2)O[C@@H]2OC(C)(C)O[C@@H]21. The molecule has 116 valence electrons. The first-order chi connectivity index (χ1) is 9.67. The van der Waals surface area contributed by atoms with Gasteiger partial charge in [-0.1, -0.05) is 6.90 Å². The van der Waals surface area contributed by atoms with Crippen molar-refractivity contribution >= 4 is 0 Å². The van der Waals surface area contributed by atoms with E-state index >= 15 is 0 Å². The summed E-state index contributed by atoms with van der Waals surface area (Å²) in [6.07, 6.45) is -2.06. The molecule has 0 saturated carbocycles. The first-order valence-corrected chi connectivity index (χ1v) is 7.01. The summed E-state index contributed by atoms with van der Waals surface area (Å²) in [7, 11) is 0. The second-order valence-electron chi connectivity index (χ2n) is 6.59. The second kappa shape index (κ2) is 4.38. The van der Waals surface area contributed by atoms with Gasteiger partial charge in [-0.25, -0.2) is 0 Å². The van der Waals surface area contributed by atoms with E-state index in [-0.39, 0.29) is 13.3 Å². The zero-order valence-corrected chi connectivity index (χ0v) is 12.4. The maximum absolute atomic E-state index is 11.1. The maximum atomic E-state index is 11.1. The summed E-state index contributed by atoms with van der Waals surface area (Å²) in [5, 5.41) is 11.1. The lowest BCUT2D eigenvalue weighted by Crippen LogP contribution is -2.53. The van der Waals surface area contributed by atoms with Crippen molar-refractivity contribution in [2.45, 2.75) is 82.8 Å². The highest BCUT2D eigenvalue weighted by Crippen LogP contribution is 2.47. The quantitative estimate of drug-likeness (QED) is 0.823. The molecule has 3 aliphatic heterocycles. The summed E-state index contributed by atoms with van der Waals surface area (Å²) in [5.74, 6) is -1.50. The molecular weight excluding hydrogens is 264 g/mol. The number of hydrogen-bond donors (Lipinski definition) is 1. The van der Waals surface area contributed by atoms with Gasteiger partial charge in [0.2, 0.25) is 0 Å². The van der Waals surface area contributed by atoms with E-state index in [1.54, 1.807) is 13.8 Å². The van der Waals surface area contributed by atoms with Crippen LogP contribution in [0, 0.1) is 0 Å². The minimum Gasteiger partial charge on any atom is -0.384 e. The lowest BCUT2D eigenvalue weighted by atomic mass is 9.87. The molecule has 3 rings (SSSR count). The predicted octanol–water partition coefficient (Wildman–Crippen LogP) is 1.16. The molecule has 0 aromatic rings. The van der Waals surface area contributed by atoms with Crippen molar-refractivity contribution in [3.63, 3.8) is 0 Å². The van der Waals surface area contributed by atoms with Crippen LogP contribution in [0.3, 0.4) is 0 Å². The first-order valence-electron chi connectivity index (χ1n) is 7.72. The highest BCUT2D eigenvalue weighted by molar-refractivity contribution is 5.07. The molecule has 3 aliphatic rings. The molecule has 0 bridgehead atoms. The van der Waals surface area contributed by atoms with Gasteiger partial charge in [0.1, 0.15) is 23.9 Å². The van der Waals surface area contributed by atoms with Crippen LogP contribution < -0.4 is 0 Å². The van der Waals surface area contributed by atoms with E-state index in [2.05, 4.69) is 0 Å². The third-order valence-corrected chi connectivity index (χ3v) is 4.09. The van der Waals surface area contributed by atoms with E-state index in [1.807, 2.05) is 13.8 Å². The van der Waals surface area contributed by atoms with Gasteiger partial charge in [0.05, 0.1) is 6.61 Å². The van der Waals surface area contributed by atoms with Crippen LogP contribution in [0.4, 0.5) is 0 Å². The monoisotopic (exact) mass is 289 g/mol. The summed E-state index contributed by atoms with van der Waals surface area (Å²) in [6, 6.07) is 0. The molecule has 0 unspecified atom stereocenters. The smallest absolute Gasteiger partial charge is 0.190 e. The summed E-state index contributed by atoms with van der Waals surface area (Å²) >= 11 is 0. The molecule has 0 amide bonds. The molecule has 3 heterocycles. The van der Waals surface area contributed by atoms with Crippen LogP contribution in [0.1, 0.15) is 42.4 Å². The average molecular weight is 289 g/mol. The summed E-state index contributed by atoms with van der Waals surface area (Å²) in [4.78, 5) is 0. The Balaban J connectivity index is 1.82. The van der Waals surface area contributed by atoms with E-state index < -0.39 is 41.8 Å². The standard InChI is InChI=1S/C14H24O6/c1-6-14(15)9(8-7-16-12(2,3)18-8)17-11-10(14)19-13(4,5)20-11/h8-11,15H,6-7H2,1-5H3/t8-,9-,10+,11-,14+/m1/s1/i1D. The first kappa shape index (κ1) is 13.4. The van der Waals surface area contributed by atoms with Crippen LogP contribution in [-0.4, -0.2) is 53.5 Å². The zero-order chi connectivity index (χ0) is 15.5. The Kier molecular flexibility index (Phi) is 2.94. The molecule has 3 saturated heterocycles. The topological polar surface area (TPSA) is 66.4 Å². The Morgan fingerprint density at radius 1 is 1.10 bits per heavy atom. The van der Waals surface area contributed by atoms with Gasteiger partial charge in [0.15, 0.2) is 17.9 Å². The van der Waals surface area contributed by atoms with Gasteiger partial charge >= 0.3 is 0 Å². The molecule has 6 nitrogen and oxygen atoms in total. The summed E-state index contributed by atoms with van der Waals surface area (Å²) < 4.78 is 36.2. The summed E-state index contributed by atoms with van der Waals surface area (Å²) in [5.41, 5.74) is -1.31. The van der Waals surface area contributed by atoms with Crippen molar-refractivity contribution in [3.8, 4) is 0 Å². The predicted molar refractivity (Wildman–Crippen MR) is 68.8 cm³/mol. The number of hydrogen-bond acceptors (Lipinski definition) is 6. The van der Waals surface area contributed by atoms with E-state index in [4.69, 9.17) is 25.1 Å². The molecular formula is C14H24O6. The number of ether oxygens (including phenoxy) is 5. The minimum atomic E-state index is -1.31. The van der Waals surface area contributed by atoms with Gasteiger partial charge in [0.25, 0.3) is 0 Å². The van der Waals surface area contributed by atoms with Crippen molar-refractivity contribution in [2.75, 3.05) is 6.61 Å². The third kappa shape index (κ3) is 2.19. The Morgan fingerprint density at radius 3 is 2.45 bits per heavy atom. The largest absolute Gasteiger partial charge is 0.384 e. The Hall–Kier alpha value is -0.240. The Bertz CT molecular complexity index is 414. The van der Waals surface area contributed by atoms with Gasteiger partial charge in [-0.3, -0.25) is 0 Å². The normalized spacial score (nSPS) is 50.1. The summed E-state index contributed by atoms with van der Waals surface area (Å²) in [6.45, 7) is 7.61. The van der Waals surface area contributed by atoms with Crippen LogP contribution in [-0.2, 0) is 23.7 Å². The molecule has 3 fully saturated rings. The fourth-order valence-electron chi connectivity index (χ4n) is 3.15. The van der Waals surface area contributed by atoms with E-state index in [0.717, 1.165) is 0 Å². The van der Waals surface area contributed by atoms with Crippen LogP contribution in [0.2, 0.25) is 0 Å². The van der Waals surface area contributed by atoms with Gasteiger partial charge in [0, 0.05) is 1.37 Å². The fraction of sp³-hybridized carbons (Fsp3) is 1.00. The zero-order valence-electron chi connectivity index (χ0n) is 13.4. The molecule has 20 heavy (non-hydrogen) atoms. The van der Waals surface area contributed by atoms with Crippen LogP contribution in [0.15, 0.2) is 0 Å². The number of aliphatic hydroxyl groups is 1. The lowest BCUT2D eigenvalue weighted by Gasteiger charge is -2.35. The van der Waals surface area contributed by atoms with Crippen LogP contribution in [0.5, 0.6) is 0 Å². The highest BCUT2D eigenvalue weighted by Gasteiger charge is 2.65. The molecule has 0 aromatic heterocycles. The minimum absolute atomic E-state index is 0.0698. The van der Waals surface area contributed by atoms with E-state index in [1.165, 1.54) is 0 Å². The lowest BCUT2D eigenvalue weighted by molar-refractivity contribution is -0.248. The number of fused-ring (bicyclic) bond motifs is 1. The van der Waals surface area contributed by atoms with Crippen molar-refractivity contribution < 1.29 is 30.2 Å². The third-order valence-electron chi connectivity index (χ3n) is 4.09. The van der Waals surface area contributed by atoms with Gasteiger partial charge in [-0.2, -0.15) is 0 Å². The van der Waals surface area contributed by atoms with Gasteiger partial charge in [-0.15, -0.1) is 0 Å². The second-order valence-corrected chi connectivity index (χ2v) is 6.59. The maximum Gasteiger partial charge on any atom is 0.190 e. The van der Waals surface area contributed by atoms with Crippen molar-refractivity contribution in [1.82, 2.24) is 0 Å². The van der Waals surface area contributed by atoms with E-state index in [0.29, 0.717) is 6.61 Å². The number of rotatable bonds is 2. The molecule has 1 N–H and O–H groups in total. The van der Waals surface area contributed by atoms with Crippen molar-refractivity contribution in [3.05, 3.63) is 0 Å². The fourth-order valence-corrected chi connectivity index (χ4v) is 3.15. The molecule has 5 atom stereocenters. The highest BCUT2D eigenvalue weighted by atomic mass is 16.8. The molecule has 0 aromatic carbocycles. The Morgan fingerprint density at radius 2 is 1.85 bits per heavy atom. The molecule has 0 radical (unpaired) electrons.